The van der Waals surface area contributed by atoms with Crippen molar-refractivity contribution in [2.75, 3.05) is 27.8 Å². The number of unbranched alkanes of at least 4 members (excludes halogenated alkanes) is 1. The van der Waals surface area contributed by atoms with E-state index in [2.05, 4.69) is 24.0 Å². The summed E-state index contributed by atoms with van der Waals surface area (Å²) in [5.41, 5.74) is 6.60. The second-order valence-corrected chi connectivity index (χ2v) is 10.0. The first-order valence-electron chi connectivity index (χ1n) is 12.8. The first-order valence-corrected chi connectivity index (χ1v) is 13.2. The van der Waals surface area contributed by atoms with Crippen LogP contribution in [0.3, 0.4) is 0 Å². The molecule has 1 fully saturated rings. The molecule has 0 spiro atoms. The van der Waals surface area contributed by atoms with Gasteiger partial charge in [-0.25, -0.2) is 0 Å². The van der Waals surface area contributed by atoms with Crippen molar-refractivity contribution in [2.45, 2.75) is 40.0 Å². The molecule has 2 aliphatic heterocycles. The van der Waals surface area contributed by atoms with Gasteiger partial charge in [-0.05, 0) is 91.5 Å². The number of para-hydroxylation sites is 2. The predicted molar refractivity (Wildman–Crippen MR) is 155 cm³/mol. The van der Waals surface area contributed by atoms with E-state index in [-0.39, 0.29) is 10.7 Å². The van der Waals surface area contributed by atoms with Gasteiger partial charge in [-0.15, -0.1) is 0 Å². The molecule has 5 nitrogen and oxygen atoms in total. The Morgan fingerprint density at radius 3 is 2.00 bits per heavy atom. The lowest BCUT2D eigenvalue weighted by Gasteiger charge is -2.37. The molecule has 2 heterocycles. The lowest BCUT2D eigenvalue weighted by molar-refractivity contribution is -0.120. The number of anilines is 3. The third kappa shape index (κ3) is 4.58. The third-order valence-electron chi connectivity index (χ3n) is 7.15. The van der Waals surface area contributed by atoms with Crippen molar-refractivity contribution in [2.24, 2.45) is 0 Å². The van der Waals surface area contributed by atoms with Crippen molar-refractivity contribution in [3.63, 3.8) is 0 Å². The van der Waals surface area contributed by atoms with Crippen LogP contribution < -0.4 is 14.7 Å². The molecule has 6 heteroatoms. The summed E-state index contributed by atoms with van der Waals surface area (Å²) in [5, 5.41) is 0.163. The summed E-state index contributed by atoms with van der Waals surface area (Å²) >= 11 is 5.79. The van der Waals surface area contributed by atoms with E-state index in [4.69, 9.17) is 12.2 Å². The van der Waals surface area contributed by atoms with Gasteiger partial charge in [-0.2, -0.15) is 0 Å². The largest absolute Gasteiger partial charge is 0.371 e. The van der Waals surface area contributed by atoms with E-state index in [0.717, 1.165) is 49.0 Å². The Morgan fingerprint density at radius 1 is 0.838 bits per heavy atom. The van der Waals surface area contributed by atoms with Crippen LogP contribution in [0, 0.1) is 13.8 Å². The highest BCUT2D eigenvalue weighted by molar-refractivity contribution is 7.81. The molecule has 1 saturated heterocycles. The number of rotatable bonds is 6. The quantitative estimate of drug-likeness (QED) is 0.225. The molecular formula is C31H31N3O2S. The molecule has 0 aliphatic carbocycles. The maximum atomic E-state index is 13.9. The van der Waals surface area contributed by atoms with Crippen LogP contribution in [0.25, 0.3) is 6.08 Å². The van der Waals surface area contributed by atoms with Gasteiger partial charge in [0.1, 0.15) is 5.57 Å². The minimum atomic E-state index is -0.404. The summed E-state index contributed by atoms with van der Waals surface area (Å²) in [5.74, 6) is -0.807. The summed E-state index contributed by atoms with van der Waals surface area (Å²) in [6.45, 7) is 8.14. The van der Waals surface area contributed by atoms with Gasteiger partial charge in [-0.1, -0.05) is 55.8 Å². The minimum absolute atomic E-state index is 0.0980. The molecule has 188 valence electrons. The molecule has 2 amide bonds. The number of carbonyl (C=O) groups excluding carboxylic acids is 2. The number of amides is 2. The molecule has 0 unspecified atom stereocenters. The summed E-state index contributed by atoms with van der Waals surface area (Å²) < 4.78 is 0. The van der Waals surface area contributed by atoms with E-state index in [9.17, 15) is 9.59 Å². The molecular weight excluding hydrogens is 478 g/mol. The maximum absolute atomic E-state index is 13.9. The van der Waals surface area contributed by atoms with Crippen molar-refractivity contribution in [3.05, 3.63) is 94.6 Å². The van der Waals surface area contributed by atoms with Gasteiger partial charge in [0.2, 0.25) is 0 Å². The molecule has 0 saturated carbocycles. The number of fused-ring (bicyclic) bond motifs is 1. The van der Waals surface area contributed by atoms with Crippen LogP contribution in [0.5, 0.6) is 0 Å². The van der Waals surface area contributed by atoms with Crippen molar-refractivity contribution < 1.29 is 9.59 Å². The molecule has 3 aromatic rings. The molecule has 5 rings (SSSR count). The second kappa shape index (κ2) is 10.3. The average molecular weight is 510 g/mol. The normalized spacial score (nSPS) is 15.5. The molecule has 37 heavy (non-hydrogen) atoms. The van der Waals surface area contributed by atoms with Crippen LogP contribution in [0.2, 0.25) is 0 Å². The monoisotopic (exact) mass is 509 g/mol. The van der Waals surface area contributed by atoms with Gasteiger partial charge in [0.15, 0.2) is 5.11 Å². The van der Waals surface area contributed by atoms with Crippen LogP contribution in [0.1, 0.15) is 42.0 Å². The molecule has 0 N–H and O–H groups in total. The van der Waals surface area contributed by atoms with Crippen molar-refractivity contribution in [3.8, 4) is 0 Å². The number of aryl methyl sites for hydroxylation is 2. The zero-order valence-electron chi connectivity index (χ0n) is 21.5. The van der Waals surface area contributed by atoms with Crippen LogP contribution in [0.15, 0.2) is 72.3 Å². The Kier molecular flexibility index (Phi) is 6.94. The molecule has 2 aliphatic rings. The van der Waals surface area contributed by atoms with Crippen LogP contribution in [-0.4, -0.2) is 30.0 Å². The number of hydrogen-bond acceptors (Lipinski definition) is 4. The van der Waals surface area contributed by atoms with Gasteiger partial charge >= 0.3 is 0 Å². The Bertz CT molecular complexity index is 1360. The fourth-order valence-electron chi connectivity index (χ4n) is 5.11. The Labute approximate surface area is 224 Å². The average Bonchev–Trinajstić information content (AvgIpc) is 3.29. The van der Waals surface area contributed by atoms with Crippen molar-refractivity contribution in [1.82, 2.24) is 0 Å². The number of benzene rings is 3. The van der Waals surface area contributed by atoms with Crippen LogP contribution in [0.4, 0.5) is 17.1 Å². The van der Waals surface area contributed by atoms with Crippen LogP contribution >= 0.6 is 12.2 Å². The van der Waals surface area contributed by atoms with E-state index < -0.39 is 11.8 Å². The first kappa shape index (κ1) is 24.9. The van der Waals surface area contributed by atoms with Crippen molar-refractivity contribution in [1.29, 1.82) is 0 Å². The maximum Gasteiger partial charge on any atom is 0.270 e. The predicted octanol–water partition coefficient (Wildman–Crippen LogP) is 6.21. The van der Waals surface area contributed by atoms with Gasteiger partial charge < -0.3 is 4.90 Å². The molecule has 3 aromatic carbocycles. The lowest BCUT2D eigenvalue weighted by atomic mass is 10.0. The summed E-state index contributed by atoms with van der Waals surface area (Å²) in [6, 6.07) is 21.4. The number of nitrogens with zero attached hydrogens (tertiary/aromatic N) is 3. The summed E-state index contributed by atoms with van der Waals surface area (Å²) in [6.07, 6.45) is 5.01. The van der Waals surface area contributed by atoms with E-state index in [0.29, 0.717) is 11.4 Å². The number of thiocarbonyl (C=S) groups is 1. The lowest BCUT2D eigenvalue weighted by Crippen LogP contribution is -2.57. The highest BCUT2D eigenvalue weighted by Gasteiger charge is 2.42. The first-order chi connectivity index (χ1) is 17.9. The second-order valence-electron chi connectivity index (χ2n) is 9.67. The molecule has 0 aromatic heterocycles. The fourth-order valence-corrected chi connectivity index (χ4v) is 5.47. The fraction of sp³-hybridized carbons (Fsp3) is 0.258. The standard InChI is InChI=1S/C31H31N3O2S/c1-4-5-17-32-18-16-24-19-23(14-15-28(24)32)20-25-29(35)33(26-12-8-6-10-21(26)2)31(37)34(30(25)36)27-13-9-7-11-22(27)3/h6-15,19-20H,4-5,16-18H2,1-3H3. The molecule has 0 bridgehead atoms. The Hall–Kier alpha value is -3.77. The van der Waals surface area contributed by atoms with Crippen molar-refractivity contribution >= 4 is 52.3 Å². The highest BCUT2D eigenvalue weighted by atomic mass is 32.1. The van der Waals surface area contributed by atoms with Gasteiger partial charge in [0.25, 0.3) is 11.8 Å². The smallest absolute Gasteiger partial charge is 0.270 e. The van der Waals surface area contributed by atoms with E-state index in [1.807, 2.05) is 68.4 Å². The third-order valence-corrected chi connectivity index (χ3v) is 7.52. The topological polar surface area (TPSA) is 43.9 Å². The highest BCUT2D eigenvalue weighted by Crippen LogP contribution is 2.34. The van der Waals surface area contributed by atoms with Gasteiger partial charge in [0.05, 0.1) is 11.4 Å². The SMILES string of the molecule is CCCCN1CCc2cc(C=C3C(=O)N(c4ccccc4C)C(=S)N(c4ccccc4C)C3=O)ccc21. The van der Waals surface area contributed by atoms with Gasteiger partial charge in [-0.3, -0.25) is 19.4 Å². The summed E-state index contributed by atoms with van der Waals surface area (Å²) in [7, 11) is 0. The molecule has 0 atom stereocenters. The van der Waals surface area contributed by atoms with E-state index in [1.165, 1.54) is 21.1 Å². The number of hydrogen-bond donors (Lipinski definition) is 0. The van der Waals surface area contributed by atoms with E-state index >= 15 is 0 Å². The van der Waals surface area contributed by atoms with E-state index in [1.54, 1.807) is 6.08 Å². The Balaban J connectivity index is 1.59. The van der Waals surface area contributed by atoms with Gasteiger partial charge in [0, 0.05) is 18.8 Å². The zero-order chi connectivity index (χ0) is 26.1. The zero-order valence-corrected chi connectivity index (χ0v) is 22.3. The summed E-state index contributed by atoms with van der Waals surface area (Å²) in [4.78, 5) is 33.2. The molecule has 0 radical (unpaired) electrons. The van der Waals surface area contributed by atoms with Crippen LogP contribution in [-0.2, 0) is 16.0 Å². The minimum Gasteiger partial charge on any atom is -0.371 e. The number of carbonyl (C=O) groups is 2. The Morgan fingerprint density at radius 2 is 1.43 bits per heavy atom.